The number of aliphatic carboxylic acids is 1. The lowest BCUT2D eigenvalue weighted by Crippen LogP contribution is -2.30. The number of carbonyl (C=O) groups is 3. The van der Waals surface area contributed by atoms with Gasteiger partial charge in [-0.1, -0.05) is 0 Å². The van der Waals surface area contributed by atoms with Crippen molar-refractivity contribution in [1.82, 2.24) is 4.90 Å². The van der Waals surface area contributed by atoms with E-state index in [9.17, 15) is 14.4 Å². The van der Waals surface area contributed by atoms with Crippen LogP contribution in [0.1, 0.15) is 23.2 Å². The summed E-state index contributed by atoms with van der Waals surface area (Å²) in [6, 6.07) is 6.27. The van der Waals surface area contributed by atoms with Crippen molar-refractivity contribution in [2.75, 3.05) is 20.2 Å². The number of hydrogen-bond acceptors (Lipinski definition) is 4. The second-order valence-corrected chi connectivity index (χ2v) is 4.45. The summed E-state index contributed by atoms with van der Waals surface area (Å²) in [6.07, 6.45) is 0.0609. The summed E-state index contributed by atoms with van der Waals surface area (Å²) < 4.78 is 5.37. The van der Waals surface area contributed by atoms with Crippen molar-refractivity contribution >= 4 is 17.8 Å². The lowest BCUT2D eigenvalue weighted by Gasteiger charge is -2.16. The molecule has 0 aromatic heterocycles. The average molecular weight is 294 g/mol. The fraction of sp³-hybridized carbons (Fsp3) is 0.357. The minimum atomic E-state index is -0.944. The molecule has 0 aliphatic rings. The molecule has 0 radical (unpaired) electrons. The lowest BCUT2D eigenvalue weighted by molar-refractivity contribution is -0.138. The van der Waals surface area contributed by atoms with Gasteiger partial charge < -0.3 is 20.5 Å². The van der Waals surface area contributed by atoms with Crippen LogP contribution in [-0.4, -0.2) is 48.0 Å². The van der Waals surface area contributed by atoms with Gasteiger partial charge in [-0.25, -0.2) is 0 Å². The van der Waals surface area contributed by atoms with Crippen LogP contribution < -0.4 is 10.5 Å². The number of nitrogens with two attached hydrogens (primary N) is 1. The van der Waals surface area contributed by atoms with E-state index >= 15 is 0 Å². The topological polar surface area (TPSA) is 110 Å². The summed E-state index contributed by atoms with van der Waals surface area (Å²) in [5, 5.41) is 8.53. The van der Waals surface area contributed by atoms with Gasteiger partial charge in [0, 0.05) is 19.2 Å². The fourth-order valence-corrected chi connectivity index (χ4v) is 1.55. The Labute approximate surface area is 122 Å². The zero-order chi connectivity index (χ0) is 15.8. The monoisotopic (exact) mass is 294 g/mol. The molecule has 0 aliphatic carbocycles. The zero-order valence-corrected chi connectivity index (χ0v) is 11.7. The van der Waals surface area contributed by atoms with Gasteiger partial charge in [-0.15, -0.1) is 0 Å². The van der Waals surface area contributed by atoms with E-state index in [1.165, 1.54) is 4.90 Å². The van der Waals surface area contributed by atoms with Crippen LogP contribution in [0.2, 0.25) is 0 Å². The molecule has 0 saturated heterocycles. The van der Waals surface area contributed by atoms with Crippen LogP contribution in [0.25, 0.3) is 0 Å². The summed E-state index contributed by atoms with van der Waals surface area (Å²) in [5.74, 6) is -1.12. The molecule has 0 aliphatic heterocycles. The Kier molecular flexibility index (Phi) is 6.19. The van der Waals surface area contributed by atoms with Gasteiger partial charge in [-0.3, -0.25) is 14.4 Å². The SMILES string of the molecule is CN(CCC(=O)O)C(=O)CCOc1ccc(C(N)=O)cc1. The quantitative estimate of drug-likeness (QED) is 0.725. The van der Waals surface area contributed by atoms with Gasteiger partial charge in [-0.2, -0.15) is 0 Å². The summed E-state index contributed by atoms with van der Waals surface area (Å²) in [4.78, 5) is 34.3. The van der Waals surface area contributed by atoms with Crippen molar-refractivity contribution in [3.05, 3.63) is 29.8 Å². The van der Waals surface area contributed by atoms with Crippen molar-refractivity contribution in [3.63, 3.8) is 0 Å². The molecule has 0 spiro atoms. The van der Waals surface area contributed by atoms with Gasteiger partial charge >= 0.3 is 5.97 Å². The highest BCUT2D eigenvalue weighted by Gasteiger charge is 2.10. The van der Waals surface area contributed by atoms with Gasteiger partial charge in [-0.05, 0) is 24.3 Å². The van der Waals surface area contributed by atoms with E-state index in [0.717, 1.165) is 0 Å². The number of primary amides is 1. The molecular formula is C14H18N2O5. The standard InChI is InChI=1S/C14H18N2O5/c1-16(8-6-13(18)19)12(17)7-9-21-11-4-2-10(3-5-11)14(15)20/h2-5H,6-9H2,1H3,(H2,15,20)(H,18,19). The molecule has 3 N–H and O–H groups in total. The van der Waals surface area contributed by atoms with Crippen LogP contribution in [0.5, 0.6) is 5.75 Å². The van der Waals surface area contributed by atoms with Crippen LogP contribution in [0.3, 0.4) is 0 Å². The predicted molar refractivity (Wildman–Crippen MR) is 75.0 cm³/mol. The van der Waals surface area contributed by atoms with Crippen molar-refractivity contribution in [2.45, 2.75) is 12.8 Å². The number of nitrogens with zero attached hydrogens (tertiary/aromatic N) is 1. The molecule has 114 valence electrons. The van der Waals surface area contributed by atoms with E-state index in [4.69, 9.17) is 15.6 Å². The number of amides is 2. The highest BCUT2D eigenvalue weighted by Crippen LogP contribution is 2.12. The third-order valence-corrected chi connectivity index (χ3v) is 2.81. The molecule has 0 heterocycles. The Morgan fingerprint density at radius 3 is 2.33 bits per heavy atom. The number of ether oxygens (including phenoxy) is 1. The first-order chi connectivity index (χ1) is 9.90. The number of carboxylic acid groups (broad SMARTS) is 1. The summed E-state index contributed by atoms with van der Waals surface area (Å²) >= 11 is 0. The van der Waals surface area contributed by atoms with E-state index in [0.29, 0.717) is 11.3 Å². The van der Waals surface area contributed by atoms with Crippen LogP contribution in [0.15, 0.2) is 24.3 Å². The Bertz CT molecular complexity index is 513. The minimum absolute atomic E-state index is 0.0856. The Morgan fingerprint density at radius 2 is 1.81 bits per heavy atom. The summed E-state index contributed by atoms with van der Waals surface area (Å²) in [7, 11) is 1.55. The summed E-state index contributed by atoms with van der Waals surface area (Å²) in [6.45, 7) is 0.341. The van der Waals surface area contributed by atoms with E-state index in [1.54, 1.807) is 31.3 Å². The first-order valence-electron chi connectivity index (χ1n) is 6.38. The largest absolute Gasteiger partial charge is 0.493 e. The van der Waals surface area contributed by atoms with Crippen LogP contribution in [0.4, 0.5) is 0 Å². The molecule has 0 atom stereocenters. The van der Waals surface area contributed by atoms with Gasteiger partial charge in [0.1, 0.15) is 5.75 Å². The van der Waals surface area contributed by atoms with Crippen molar-refractivity contribution in [2.24, 2.45) is 5.73 Å². The second-order valence-electron chi connectivity index (χ2n) is 4.45. The molecule has 2 amide bonds. The maximum absolute atomic E-state index is 11.7. The smallest absolute Gasteiger partial charge is 0.305 e. The van der Waals surface area contributed by atoms with Crippen LogP contribution in [0, 0.1) is 0 Å². The number of benzene rings is 1. The van der Waals surface area contributed by atoms with Gasteiger partial charge in [0.15, 0.2) is 0 Å². The Balaban J connectivity index is 2.34. The van der Waals surface area contributed by atoms with E-state index in [1.807, 2.05) is 0 Å². The molecule has 1 aromatic rings. The van der Waals surface area contributed by atoms with Gasteiger partial charge in [0.2, 0.25) is 11.8 Å². The molecule has 0 saturated carbocycles. The van der Waals surface area contributed by atoms with E-state index in [2.05, 4.69) is 0 Å². The number of carbonyl (C=O) groups excluding carboxylic acids is 2. The molecule has 0 fully saturated rings. The van der Waals surface area contributed by atoms with Crippen LogP contribution >= 0.6 is 0 Å². The molecule has 21 heavy (non-hydrogen) atoms. The van der Waals surface area contributed by atoms with E-state index < -0.39 is 11.9 Å². The number of rotatable bonds is 8. The normalized spacial score (nSPS) is 9.95. The third kappa shape index (κ3) is 5.94. The summed E-state index contributed by atoms with van der Waals surface area (Å²) in [5.41, 5.74) is 5.50. The first kappa shape index (κ1) is 16.5. The third-order valence-electron chi connectivity index (χ3n) is 2.81. The molecule has 7 nitrogen and oxygen atoms in total. The van der Waals surface area contributed by atoms with Gasteiger partial charge in [0.25, 0.3) is 0 Å². The maximum atomic E-state index is 11.7. The van der Waals surface area contributed by atoms with Crippen molar-refractivity contribution in [1.29, 1.82) is 0 Å². The number of carboxylic acids is 1. The number of hydrogen-bond donors (Lipinski definition) is 2. The molecule has 0 unspecified atom stereocenters. The molecule has 0 bridgehead atoms. The van der Waals surface area contributed by atoms with Crippen LogP contribution in [-0.2, 0) is 9.59 Å². The average Bonchev–Trinajstić information content (AvgIpc) is 2.45. The molecule has 7 heteroatoms. The first-order valence-corrected chi connectivity index (χ1v) is 6.38. The predicted octanol–water partition coefficient (Wildman–Crippen LogP) is 0.488. The van der Waals surface area contributed by atoms with Crippen molar-refractivity contribution < 1.29 is 24.2 Å². The molecular weight excluding hydrogens is 276 g/mol. The maximum Gasteiger partial charge on any atom is 0.305 e. The molecule has 1 aromatic carbocycles. The zero-order valence-electron chi connectivity index (χ0n) is 11.7. The second kappa shape index (κ2) is 7.88. The Morgan fingerprint density at radius 1 is 1.19 bits per heavy atom. The van der Waals surface area contributed by atoms with E-state index in [-0.39, 0.29) is 31.9 Å². The highest BCUT2D eigenvalue weighted by molar-refractivity contribution is 5.92. The van der Waals surface area contributed by atoms with Gasteiger partial charge in [0.05, 0.1) is 19.4 Å². The van der Waals surface area contributed by atoms with Crippen molar-refractivity contribution in [3.8, 4) is 5.75 Å². The molecule has 1 rings (SSSR count). The lowest BCUT2D eigenvalue weighted by atomic mass is 10.2. The minimum Gasteiger partial charge on any atom is -0.493 e. The fourth-order valence-electron chi connectivity index (χ4n) is 1.55. The Hall–Kier alpha value is -2.57. The highest BCUT2D eigenvalue weighted by atomic mass is 16.5.